The van der Waals surface area contributed by atoms with Crippen molar-refractivity contribution in [1.82, 2.24) is 4.90 Å². The Morgan fingerprint density at radius 3 is 2.29 bits per heavy atom. The second kappa shape index (κ2) is 6.15. The lowest BCUT2D eigenvalue weighted by Crippen LogP contribution is -2.31. The number of aliphatic hydroxyl groups excluding tert-OH is 2. The molecule has 3 nitrogen and oxygen atoms in total. The maximum absolute atomic E-state index is 9.38. The van der Waals surface area contributed by atoms with Gasteiger partial charge in [-0.1, -0.05) is 12.1 Å². The molecule has 0 heterocycles. The third kappa shape index (κ3) is 4.11. The highest BCUT2D eigenvalue weighted by Crippen LogP contribution is 2.16. The van der Waals surface area contributed by atoms with Crippen molar-refractivity contribution in [2.45, 2.75) is 33.4 Å². The van der Waals surface area contributed by atoms with Crippen LogP contribution in [-0.4, -0.2) is 41.4 Å². The third-order valence-corrected chi connectivity index (χ3v) is 3.13. The topological polar surface area (TPSA) is 43.7 Å². The van der Waals surface area contributed by atoms with Crippen LogP contribution in [0.3, 0.4) is 0 Å². The molecule has 1 unspecified atom stereocenters. The van der Waals surface area contributed by atoms with E-state index < -0.39 is 6.10 Å². The van der Waals surface area contributed by atoms with Gasteiger partial charge in [-0.3, -0.25) is 4.90 Å². The van der Waals surface area contributed by atoms with E-state index >= 15 is 0 Å². The van der Waals surface area contributed by atoms with Crippen LogP contribution >= 0.6 is 0 Å². The molecule has 96 valence electrons. The number of rotatable bonds is 5. The molecule has 0 saturated carbocycles. The quantitative estimate of drug-likeness (QED) is 0.813. The van der Waals surface area contributed by atoms with Crippen molar-refractivity contribution in [2.24, 2.45) is 0 Å². The molecule has 1 aromatic carbocycles. The third-order valence-electron chi connectivity index (χ3n) is 3.13. The van der Waals surface area contributed by atoms with Crippen molar-refractivity contribution in [2.75, 3.05) is 20.2 Å². The smallest absolute Gasteiger partial charge is 0.0897 e. The zero-order valence-electron chi connectivity index (χ0n) is 11.2. The van der Waals surface area contributed by atoms with Gasteiger partial charge in [-0.05, 0) is 50.1 Å². The molecule has 0 aliphatic heterocycles. The molecule has 0 aliphatic carbocycles. The van der Waals surface area contributed by atoms with Crippen molar-refractivity contribution in [3.05, 3.63) is 34.4 Å². The Morgan fingerprint density at radius 1 is 1.12 bits per heavy atom. The first kappa shape index (κ1) is 14.2. The van der Waals surface area contributed by atoms with Gasteiger partial charge in [-0.25, -0.2) is 0 Å². The Balaban J connectivity index is 2.71. The number of nitrogens with zero attached hydrogens (tertiary/aromatic N) is 1. The molecule has 0 fully saturated rings. The summed E-state index contributed by atoms with van der Waals surface area (Å²) in [5, 5.41) is 18.2. The van der Waals surface area contributed by atoms with Crippen molar-refractivity contribution >= 4 is 0 Å². The van der Waals surface area contributed by atoms with Crippen LogP contribution in [0.1, 0.15) is 22.3 Å². The largest absolute Gasteiger partial charge is 0.394 e. The van der Waals surface area contributed by atoms with Crippen molar-refractivity contribution < 1.29 is 10.2 Å². The summed E-state index contributed by atoms with van der Waals surface area (Å²) in [7, 11) is 1.95. The fourth-order valence-electron chi connectivity index (χ4n) is 1.96. The highest BCUT2D eigenvalue weighted by molar-refractivity contribution is 5.36. The molecule has 0 aliphatic rings. The number of likely N-dealkylation sites (N-methyl/N-ethyl adjacent to an activating group) is 1. The summed E-state index contributed by atoms with van der Waals surface area (Å²) in [5.41, 5.74) is 5.16. The molecule has 1 rings (SSSR count). The van der Waals surface area contributed by atoms with Gasteiger partial charge in [0.2, 0.25) is 0 Å². The Bertz CT molecular complexity index is 377. The summed E-state index contributed by atoms with van der Waals surface area (Å²) >= 11 is 0. The predicted octanol–water partition coefficient (Wildman–Crippen LogP) is 1.40. The van der Waals surface area contributed by atoms with Gasteiger partial charge in [0.25, 0.3) is 0 Å². The van der Waals surface area contributed by atoms with Gasteiger partial charge in [-0.2, -0.15) is 0 Å². The summed E-state index contributed by atoms with van der Waals surface area (Å²) in [6, 6.07) is 4.40. The summed E-state index contributed by atoms with van der Waals surface area (Å²) in [5.74, 6) is 0. The van der Waals surface area contributed by atoms with Crippen LogP contribution in [0.15, 0.2) is 12.1 Å². The molecule has 17 heavy (non-hydrogen) atoms. The number of hydrogen-bond donors (Lipinski definition) is 2. The highest BCUT2D eigenvalue weighted by Gasteiger charge is 2.09. The van der Waals surface area contributed by atoms with Crippen LogP contribution in [0.5, 0.6) is 0 Å². The van der Waals surface area contributed by atoms with Crippen LogP contribution in [0.25, 0.3) is 0 Å². The molecule has 0 aromatic heterocycles. The van der Waals surface area contributed by atoms with E-state index in [9.17, 15) is 5.11 Å². The molecule has 3 heteroatoms. The summed E-state index contributed by atoms with van der Waals surface area (Å²) < 4.78 is 0. The minimum atomic E-state index is -0.660. The van der Waals surface area contributed by atoms with Crippen LogP contribution in [-0.2, 0) is 6.54 Å². The van der Waals surface area contributed by atoms with Crippen LogP contribution < -0.4 is 0 Å². The molecule has 2 N–H and O–H groups in total. The van der Waals surface area contributed by atoms with Crippen LogP contribution in [0.4, 0.5) is 0 Å². The van der Waals surface area contributed by atoms with Gasteiger partial charge in [0.1, 0.15) is 0 Å². The van der Waals surface area contributed by atoms with Crippen molar-refractivity contribution in [1.29, 1.82) is 0 Å². The monoisotopic (exact) mass is 237 g/mol. The zero-order chi connectivity index (χ0) is 13.0. The van der Waals surface area contributed by atoms with Gasteiger partial charge in [0.15, 0.2) is 0 Å². The van der Waals surface area contributed by atoms with Gasteiger partial charge in [0.05, 0.1) is 12.7 Å². The lowest BCUT2D eigenvalue weighted by atomic mass is 10.0. The first-order valence-electron chi connectivity index (χ1n) is 5.98. The average Bonchev–Trinajstić information content (AvgIpc) is 2.25. The number of hydrogen-bond acceptors (Lipinski definition) is 3. The minimum Gasteiger partial charge on any atom is -0.394 e. The molecule has 1 atom stereocenters. The van der Waals surface area contributed by atoms with E-state index in [1.54, 1.807) is 0 Å². The SMILES string of the molecule is Cc1cc(C)c(CN(C)CC(O)CO)cc1C. The number of aliphatic hydroxyl groups is 2. The molecule has 0 amide bonds. The maximum Gasteiger partial charge on any atom is 0.0897 e. The van der Waals surface area contributed by atoms with Gasteiger partial charge >= 0.3 is 0 Å². The predicted molar refractivity (Wildman–Crippen MR) is 70.1 cm³/mol. The molecule has 0 saturated heterocycles. The standard InChI is InChI=1S/C14H23NO2/c1-10-5-12(3)13(6-11(10)2)7-15(4)8-14(17)9-16/h5-6,14,16-17H,7-9H2,1-4H3. The maximum atomic E-state index is 9.38. The second-order valence-electron chi connectivity index (χ2n) is 4.90. The van der Waals surface area contributed by atoms with Gasteiger partial charge in [-0.15, -0.1) is 0 Å². The summed E-state index contributed by atoms with van der Waals surface area (Å²) in [4.78, 5) is 2.03. The van der Waals surface area contributed by atoms with Crippen LogP contribution in [0.2, 0.25) is 0 Å². The van der Waals surface area contributed by atoms with Gasteiger partial charge < -0.3 is 10.2 Å². The van der Waals surface area contributed by atoms with Crippen molar-refractivity contribution in [3.63, 3.8) is 0 Å². The molecular weight excluding hydrogens is 214 g/mol. The van der Waals surface area contributed by atoms with E-state index in [4.69, 9.17) is 5.11 Å². The number of aryl methyl sites for hydroxylation is 3. The fraction of sp³-hybridized carbons (Fsp3) is 0.571. The Morgan fingerprint density at radius 2 is 1.71 bits per heavy atom. The van der Waals surface area contributed by atoms with E-state index in [1.807, 2.05) is 11.9 Å². The Kier molecular flexibility index (Phi) is 5.12. The molecule has 0 radical (unpaired) electrons. The molecular formula is C14H23NO2. The van der Waals surface area contributed by atoms with Gasteiger partial charge in [0, 0.05) is 13.1 Å². The molecule has 0 bridgehead atoms. The first-order valence-corrected chi connectivity index (χ1v) is 5.98. The van der Waals surface area contributed by atoms with E-state index in [1.165, 1.54) is 22.3 Å². The molecule has 0 spiro atoms. The lowest BCUT2D eigenvalue weighted by Gasteiger charge is -2.21. The van der Waals surface area contributed by atoms with E-state index in [2.05, 4.69) is 32.9 Å². The fourth-order valence-corrected chi connectivity index (χ4v) is 1.96. The zero-order valence-corrected chi connectivity index (χ0v) is 11.2. The normalized spacial score (nSPS) is 13.1. The minimum absolute atomic E-state index is 0.184. The van der Waals surface area contributed by atoms with Crippen LogP contribution in [0, 0.1) is 20.8 Å². The lowest BCUT2D eigenvalue weighted by molar-refractivity contribution is 0.0647. The highest BCUT2D eigenvalue weighted by atomic mass is 16.3. The van der Waals surface area contributed by atoms with E-state index in [-0.39, 0.29) is 6.61 Å². The second-order valence-corrected chi connectivity index (χ2v) is 4.90. The number of benzene rings is 1. The van der Waals surface area contributed by atoms with E-state index in [0.717, 1.165) is 6.54 Å². The van der Waals surface area contributed by atoms with Crippen molar-refractivity contribution in [3.8, 4) is 0 Å². The Labute approximate surface area is 104 Å². The average molecular weight is 237 g/mol. The summed E-state index contributed by atoms with van der Waals surface area (Å²) in [6.45, 7) is 7.44. The Hall–Kier alpha value is -0.900. The first-order chi connectivity index (χ1) is 7.93. The van der Waals surface area contributed by atoms with E-state index in [0.29, 0.717) is 6.54 Å². The summed E-state index contributed by atoms with van der Waals surface area (Å²) in [6.07, 6.45) is -0.660. The molecule has 1 aromatic rings.